The molecule has 0 saturated carbocycles. The summed E-state index contributed by atoms with van der Waals surface area (Å²) < 4.78 is 6.81. The molecule has 9 nitrogen and oxygen atoms in total. The van der Waals surface area contributed by atoms with E-state index in [1.165, 1.54) is 17.7 Å². The van der Waals surface area contributed by atoms with Gasteiger partial charge in [0, 0.05) is 52.7 Å². The molecule has 4 heterocycles. The standard InChI is InChI=1S/C22H38N5O4/c1-14(2)10-18(28)31-17-11-15-6-7-16(12-17)27(15,5)9-8-26-13-23-20-19(26)21(29)25(4)22(30)24(20)3/h14-17,19-20,23H,6-13H2,1-5H3/q+1. The molecular weight excluding hydrogens is 398 g/mol. The van der Waals surface area contributed by atoms with Crippen LogP contribution in [-0.2, 0) is 14.3 Å². The molecule has 0 radical (unpaired) electrons. The van der Waals surface area contributed by atoms with Crippen LogP contribution in [0.2, 0.25) is 0 Å². The summed E-state index contributed by atoms with van der Waals surface area (Å²) >= 11 is 0. The molecule has 2 bridgehead atoms. The van der Waals surface area contributed by atoms with Gasteiger partial charge in [0.1, 0.15) is 18.3 Å². The van der Waals surface area contributed by atoms with Crippen molar-refractivity contribution in [3.63, 3.8) is 0 Å². The van der Waals surface area contributed by atoms with Crippen LogP contribution in [0, 0.1) is 5.92 Å². The van der Waals surface area contributed by atoms with Crippen LogP contribution < -0.4 is 5.32 Å². The highest BCUT2D eigenvalue weighted by atomic mass is 16.5. The summed E-state index contributed by atoms with van der Waals surface area (Å²) in [6.07, 6.45) is 4.47. The number of rotatable bonds is 6. The minimum atomic E-state index is -0.327. The largest absolute Gasteiger partial charge is 0.462 e. The molecule has 174 valence electrons. The molecule has 4 aliphatic rings. The van der Waals surface area contributed by atoms with E-state index >= 15 is 0 Å². The van der Waals surface area contributed by atoms with Crippen LogP contribution in [0.5, 0.6) is 0 Å². The fourth-order valence-corrected chi connectivity index (χ4v) is 6.19. The van der Waals surface area contributed by atoms with Gasteiger partial charge in [-0.05, 0) is 5.92 Å². The third-order valence-electron chi connectivity index (χ3n) is 8.10. The molecule has 0 aromatic heterocycles. The Morgan fingerprint density at radius 3 is 2.45 bits per heavy atom. The van der Waals surface area contributed by atoms with E-state index in [2.05, 4.69) is 17.3 Å². The average molecular weight is 437 g/mol. The van der Waals surface area contributed by atoms with Gasteiger partial charge in [0.05, 0.1) is 32.3 Å². The molecular formula is C22H38N5O4+. The molecule has 4 rings (SSSR count). The maximum absolute atomic E-state index is 12.8. The first-order valence-electron chi connectivity index (χ1n) is 11.7. The van der Waals surface area contributed by atoms with Crippen molar-refractivity contribution in [2.45, 2.75) is 76.3 Å². The zero-order valence-electron chi connectivity index (χ0n) is 19.5. The van der Waals surface area contributed by atoms with Gasteiger partial charge in [-0.2, -0.15) is 0 Å². The molecule has 4 aliphatic heterocycles. The number of imide groups is 1. The molecule has 0 aromatic carbocycles. The quantitative estimate of drug-likeness (QED) is 0.490. The predicted octanol–water partition coefficient (Wildman–Crippen LogP) is 0.797. The van der Waals surface area contributed by atoms with Crippen molar-refractivity contribution in [3.8, 4) is 0 Å². The maximum Gasteiger partial charge on any atom is 0.327 e. The van der Waals surface area contributed by atoms with E-state index in [1.54, 1.807) is 19.0 Å². The van der Waals surface area contributed by atoms with Crippen molar-refractivity contribution in [1.82, 2.24) is 20.0 Å². The van der Waals surface area contributed by atoms with Crippen LogP contribution in [0.1, 0.15) is 46.0 Å². The smallest absolute Gasteiger partial charge is 0.327 e. The van der Waals surface area contributed by atoms with Gasteiger partial charge >= 0.3 is 12.0 Å². The first kappa shape index (κ1) is 22.5. The van der Waals surface area contributed by atoms with Gasteiger partial charge in [-0.3, -0.25) is 24.7 Å². The number of fused-ring (bicyclic) bond motifs is 3. The van der Waals surface area contributed by atoms with Gasteiger partial charge in [-0.15, -0.1) is 0 Å². The second-order valence-electron chi connectivity index (χ2n) is 10.5. The van der Waals surface area contributed by atoms with E-state index in [-0.39, 0.29) is 36.2 Å². The van der Waals surface area contributed by atoms with Crippen molar-refractivity contribution in [2.24, 2.45) is 5.92 Å². The number of hydrogen-bond acceptors (Lipinski definition) is 6. The van der Waals surface area contributed by atoms with Crippen LogP contribution in [0.15, 0.2) is 0 Å². The number of nitrogens with one attached hydrogen (secondary N) is 1. The number of esters is 1. The monoisotopic (exact) mass is 436 g/mol. The van der Waals surface area contributed by atoms with Crippen LogP contribution in [0.25, 0.3) is 0 Å². The number of piperidine rings is 1. The fraction of sp³-hybridized carbons (Fsp3) is 0.864. The second kappa shape index (κ2) is 8.33. The topological polar surface area (TPSA) is 82.2 Å². The van der Waals surface area contributed by atoms with Gasteiger partial charge in [0.15, 0.2) is 0 Å². The number of carbonyl (C=O) groups excluding carboxylic acids is 3. The number of carbonyl (C=O) groups is 3. The zero-order valence-corrected chi connectivity index (χ0v) is 19.5. The lowest BCUT2D eigenvalue weighted by molar-refractivity contribution is -0.948. The molecule has 0 aromatic rings. The lowest BCUT2D eigenvalue weighted by Gasteiger charge is -2.48. The summed E-state index contributed by atoms with van der Waals surface area (Å²) in [5.74, 6) is 0.130. The number of ether oxygens (including phenoxy) is 1. The molecule has 31 heavy (non-hydrogen) atoms. The van der Waals surface area contributed by atoms with Gasteiger partial charge in [0.25, 0.3) is 5.91 Å². The molecule has 0 aliphatic carbocycles. The van der Waals surface area contributed by atoms with E-state index in [0.29, 0.717) is 31.1 Å². The summed E-state index contributed by atoms with van der Waals surface area (Å²) in [6, 6.07) is 0.407. The summed E-state index contributed by atoms with van der Waals surface area (Å²) in [5.41, 5.74) is 0. The summed E-state index contributed by atoms with van der Waals surface area (Å²) in [4.78, 5) is 42.2. The highest BCUT2D eigenvalue weighted by molar-refractivity contribution is 6.00. The Labute approximate surface area is 185 Å². The van der Waals surface area contributed by atoms with Gasteiger partial charge in [-0.1, -0.05) is 13.8 Å². The SMILES string of the molecule is CC(C)CC(=O)OC1CC2CCC(C1)[N+]2(C)CCN1CNC2C1C(=O)N(C)C(=O)N2C. The highest BCUT2D eigenvalue weighted by Crippen LogP contribution is 2.42. The third kappa shape index (κ3) is 3.96. The van der Waals surface area contributed by atoms with E-state index in [9.17, 15) is 14.4 Å². The van der Waals surface area contributed by atoms with Crippen LogP contribution in [0.3, 0.4) is 0 Å². The summed E-state index contributed by atoms with van der Waals surface area (Å²) in [5, 5.41) is 3.34. The predicted molar refractivity (Wildman–Crippen MR) is 115 cm³/mol. The molecule has 9 heteroatoms. The van der Waals surface area contributed by atoms with Crippen molar-refractivity contribution in [3.05, 3.63) is 0 Å². The Hall–Kier alpha value is -1.71. The van der Waals surface area contributed by atoms with Crippen molar-refractivity contribution >= 4 is 17.9 Å². The highest BCUT2D eigenvalue weighted by Gasteiger charge is 2.54. The van der Waals surface area contributed by atoms with Crippen LogP contribution in [0.4, 0.5) is 4.79 Å². The average Bonchev–Trinajstić information content (AvgIpc) is 3.17. The first-order valence-corrected chi connectivity index (χ1v) is 11.7. The summed E-state index contributed by atoms with van der Waals surface area (Å²) in [6.45, 7) is 6.45. The Kier molecular flexibility index (Phi) is 6.04. The minimum Gasteiger partial charge on any atom is -0.462 e. The maximum atomic E-state index is 12.8. The number of urea groups is 1. The zero-order chi connectivity index (χ0) is 22.5. The Morgan fingerprint density at radius 2 is 1.84 bits per heavy atom. The van der Waals surface area contributed by atoms with Crippen molar-refractivity contribution in [2.75, 3.05) is 40.9 Å². The van der Waals surface area contributed by atoms with Gasteiger partial charge < -0.3 is 14.1 Å². The Balaban J connectivity index is 1.37. The second-order valence-corrected chi connectivity index (χ2v) is 10.5. The molecule has 4 saturated heterocycles. The summed E-state index contributed by atoms with van der Waals surface area (Å²) in [7, 11) is 5.65. The van der Waals surface area contributed by atoms with Crippen molar-refractivity contribution < 1.29 is 23.6 Å². The van der Waals surface area contributed by atoms with Crippen LogP contribution >= 0.6 is 0 Å². The number of nitrogens with zero attached hydrogens (tertiary/aromatic N) is 4. The van der Waals surface area contributed by atoms with Crippen molar-refractivity contribution in [1.29, 1.82) is 0 Å². The normalized spacial score (nSPS) is 38.2. The molecule has 3 amide bonds. The van der Waals surface area contributed by atoms with E-state index in [0.717, 1.165) is 30.4 Å². The molecule has 1 N–H and O–H groups in total. The molecule has 4 unspecified atom stereocenters. The number of quaternary nitrogens is 1. The molecule has 4 atom stereocenters. The van der Waals surface area contributed by atoms with Gasteiger partial charge in [0.2, 0.25) is 0 Å². The van der Waals surface area contributed by atoms with Gasteiger partial charge in [-0.25, -0.2) is 4.79 Å². The van der Waals surface area contributed by atoms with Crippen LogP contribution in [-0.4, -0.2) is 108 Å². The van der Waals surface area contributed by atoms with E-state index in [4.69, 9.17) is 4.74 Å². The third-order valence-corrected chi connectivity index (χ3v) is 8.10. The molecule has 0 spiro atoms. The minimum absolute atomic E-state index is 0.0426. The number of likely N-dealkylation sites (N-methyl/N-ethyl adjacent to an activating group) is 3. The Bertz CT molecular complexity index is 729. The number of hydrogen-bond donors (Lipinski definition) is 1. The number of amides is 3. The Morgan fingerprint density at radius 1 is 1.19 bits per heavy atom. The fourth-order valence-electron chi connectivity index (χ4n) is 6.19. The molecule has 4 fully saturated rings. The van der Waals surface area contributed by atoms with E-state index < -0.39 is 0 Å². The van der Waals surface area contributed by atoms with E-state index in [1.807, 2.05) is 13.8 Å². The lowest BCUT2D eigenvalue weighted by atomic mass is 9.96. The first-order chi connectivity index (χ1) is 14.6. The lowest BCUT2D eigenvalue weighted by Crippen LogP contribution is -2.66.